The van der Waals surface area contributed by atoms with Crippen molar-refractivity contribution in [1.29, 1.82) is 0 Å². The molecule has 1 atom stereocenters. The van der Waals surface area contributed by atoms with Gasteiger partial charge in [-0.15, -0.1) is 13.2 Å². The highest BCUT2D eigenvalue weighted by Gasteiger charge is 2.32. The minimum absolute atomic E-state index is 0.275. The summed E-state index contributed by atoms with van der Waals surface area (Å²) in [7, 11) is -4.00. The molecule has 11 heteroatoms. The lowest BCUT2D eigenvalue weighted by Gasteiger charge is -2.17. The number of nitrogens with zero attached hydrogens (tertiary/aromatic N) is 3. The van der Waals surface area contributed by atoms with Gasteiger partial charge in [0.05, 0.1) is 16.8 Å². The Morgan fingerprint density at radius 2 is 1.91 bits per heavy atom. The molecule has 1 N–H and O–H groups in total. The van der Waals surface area contributed by atoms with Crippen LogP contribution in [0.3, 0.4) is 0 Å². The van der Waals surface area contributed by atoms with Gasteiger partial charge in [0.15, 0.2) is 0 Å². The van der Waals surface area contributed by atoms with Crippen molar-refractivity contribution in [2.24, 2.45) is 0 Å². The summed E-state index contributed by atoms with van der Waals surface area (Å²) in [5, 5.41) is 4.47. The molecule has 1 saturated heterocycles. The zero-order valence-corrected chi connectivity index (χ0v) is 18.6. The normalized spacial score (nSPS) is 17.4. The lowest BCUT2D eigenvalue weighted by Crippen LogP contribution is -2.37. The molecule has 0 bridgehead atoms. The van der Waals surface area contributed by atoms with Crippen LogP contribution in [0.2, 0.25) is 0 Å². The third-order valence-electron chi connectivity index (χ3n) is 5.45. The van der Waals surface area contributed by atoms with E-state index in [-0.39, 0.29) is 10.9 Å². The van der Waals surface area contributed by atoms with E-state index in [1.165, 1.54) is 12.1 Å². The molecule has 0 radical (unpaired) electrons. The molecule has 0 unspecified atom stereocenters. The Hall–Kier alpha value is -2.89. The second kappa shape index (κ2) is 9.16. The van der Waals surface area contributed by atoms with Crippen molar-refractivity contribution in [3.8, 4) is 11.4 Å². The average Bonchev–Trinajstić information content (AvgIpc) is 3.34. The van der Waals surface area contributed by atoms with Gasteiger partial charge in [0.25, 0.3) is 0 Å². The van der Waals surface area contributed by atoms with E-state index >= 15 is 0 Å². The largest absolute Gasteiger partial charge is 0.573 e. The summed E-state index contributed by atoms with van der Waals surface area (Å²) in [5.74, 6) is -0.579. The molecule has 0 spiro atoms. The Morgan fingerprint density at radius 1 is 1.15 bits per heavy atom. The number of benzene rings is 2. The van der Waals surface area contributed by atoms with E-state index in [1.807, 2.05) is 48.1 Å². The van der Waals surface area contributed by atoms with Crippen LogP contribution in [0.15, 0.2) is 65.7 Å². The van der Waals surface area contributed by atoms with Crippen LogP contribution in [0.5, 0.6) is 5.75 Å². The van der Waals surface area contributed by atoms with E-state index in [9.17, 15) is 21.6 Å². The molecular formula is C22H23F3N4O3S. The third-order valence-corrected chi connectivity index (χ3v) is 6.97. The van der Waals surface area contributed by atoms with Gasteiger partial charge in [-0.2, -0.15) is 5.10 Å². The Bertz CT molecular complexity index is 1210. The van der Waals surface area contributed by atoms with Crippen molar-refractivity contribution in [2.45, 2.75) is 37.2 Å². The molecule has 2 aromatic carbocycles. The van der Waals surface area contributed by atoms with Gasteiger partial charge in [0.2, 0.25) is 10.0 Å². The van der Waals surface area contributed by atoms with Crippen molar-refractivity contribution in [3.63, 3.8) is 0 Å². The molecule has 33 heavy (non-hydrogen) atoms. The Morgan fingerprint density at radius 3 is 2.64 bits per heavy atom. The number of likely N-dealkylation sites (tertiary alicyclic amines) is 1. The van der Waals surface area contributed by atoms with Gasteiger partial charge in [-0.25, -0.2) is 17.8 Å². The Kier molecular flexibility index (Phi) is 6.46. The van der Waals surface area contributed by atoms with Gasteiger partial charge < -0.3 is 4.74 Å². The van der Waals surface area contributed by atoms with Crippen molar-refractivity contribution in [2.75, 3.05) is 13.1 Å². The summed E-state index contributed by atoms with van der Waals surface area (Å²) in [6, 6.07) is 13.8. The number of hydrogen-bond acceptors (Lipinski definition) is 5. The standard InChI is InChI=1S/C22H23F3N4O3S/c1-16-17(13-26-29(16)19-6-3-2-4-7-19)14-28-11-10-18(15-28)27-33(30,31)21-9-5-8-20(12-21)32-22(23,24)25/h2-9,12-13,18,27H,10-11,14-15H2,1H3/t18-/m1/s1. The number of halogens is 3. The minimum atomic E-state index is -4.89. The predicted molar refractivity (Wildman–Crippen MR) is 115 cm³/mol. The first kappa shape index (κ1) is 23.3. The van der Waals surface area contributed by atoms with Gasteiger partial charge in [-0.05, 0) is 37.6 Å². The maximum atomic E-state index is 12.7. The predicted octanol–water partition coefficient (Wildman–Crippen LogP) is 3.63. The highest BCUT2D eigenvalue weighted by atomic mass is 32.2. The topological polar surface area (TPSA) is 76.5 Å². The highest BCUT2D eigenvalue weighted by Crippen LogP contribution is 2.25. The average molecular weight is 481 g/mol. The zero-order valence-electron chi connectivity index (χ0n) is 17.8. The van der Waals surface area contributed by atoms with Gasteiger partial charge in [0.1, 0.15) is 5.75 Å². The number of nitrogens with one attached hydrogen (secondary N) is 1. The fourth-order valence-corrected chi connectivity index (χ4v) is 5.16. The van der Waals surface area contributed by atoms with E-state index in [0.717, 1.165) is 29.1 Å². The van der Waals surface area contributed by atoms with Gasteiger partial charge in [-0.3, -0.25) is 4.90 Å². The molecule has 1 fully saturated rings. The summed E-state index contributed by atoms with van der Waals surface area (Å²) in [5.41, 5.74) is 3.01. The quantitative estimate of drug-likeness (QED) is 0.559. The second-order valence-electron chi connectivity index (χ2n) is 7.87. The second-order valence-corrected chi connectivity index (χ2v) is 9.58. The fourth-order valence-electron chi connectivity index (χ4n) is 3.87. The lowest BCUT2D eigenvalue weighted by atomic mass is 10.2. The fraction of sp³-hybridized carbons (Fsp3) is 0.318. The number of rotatable bonds is 7. The van der Waals surface area contributed by atoms with Crippen molar-refractivity contribution < 1.29 is 26.3 Å². The van der Waals surface area contributed by atoms with E-state index in [1.54, 1.807) is 0 Å². The summed E-state index contributed by atoms with van der Waals surface area (Å²) < 4.78 is 71.0. The van der Waals surface area contributed by atoms with Gasteiger partial charge in [-0.1, -0.05) is 24.3 Å². The molecular weight excluding hydrogens is 457 g/mol. The summed E-state index contributed by atoms with van der Waals surface area (Å²) in [6.07, 6.45) is -2.50. The van der Waals surface area contributed by atoms with Crippen molar-refractivity contribution in [1.82, 2.24) is 19.4 Å². The van der Waals surface area contributed by atoms with Crippen LogP contribution in [0.4, 0.5) is 13.2 Å². The number of alkyl halides is 3. The van der Waals surface area contributed by atoms with E-state index in [0.29, 0.717) is 26.1 Å². The van der Waals surface area contributed by atoms with Crippen LogP contribution in [-0.4, -0.2) is 48.6 Å². The number of hydrogen-bond donors (Lipinski definition) is 1. The number of aromatic nitrogens is 2. The van der Waals surface area contributed by atoms with Gasteiger partial charge >= 0.3 is 6.36 Å². The van der Waals surface area contributed by atoms with Crippen molar-refractivity contribution in [3.05, 3.63) is 72.1 Å². The first-order valence-electron chi connectivity index (χ1n) is 10.3. The highest BCUT2D eigenvalue weighted by molar-refractivity contribution is 7.89. The first-order valence-corrected chi connectivity index (χ1v) is 11.8. The summed E-state index contributed by atoms with van der Waals surface area (Å²) in [4.78, 5) is 1.85. The van der Waals surface area contributed by atoms with Crippen LogP contribution >= 0.6 is 0 Å². The lowest BCUT2D eigenvalue weighted by molar-refractivity contribution is -0.274. The molecule has 1 aliphatic rings. The van der Waals surface area contributed by atoms with Crippen LogP contribution in [0.25, 0.3) is 5.69 Å². The van der Waals surface area contributed by atoms with Crippen molar-refractivity contribution >= 4 is 10.0 Å². The molecule has 1 aromatic heterocycles. The maximum Gasteiger partial charge on any atom is 0.573 e. The number of sulfonamides is 1. The minimum Gasteiger partial charge on any atom is -0.406 e. The van der Waals surface area contributed by atoms with Crippen LogP contribution < -0.4 is 9.46 Å². The molecule has 0 saturated carbocycles. The maximum absolute atomic E-state index is 12.7. The third kappa shape index (κ3) is 5.73. The smallest absolute Gasteiger partial charge is 0.406 e. The summed E-state index contributed by atoms with van der Waals surface area (Å²) >= 11 is 0. The molecule has 2 heterocycles. The monoisotopic (exact) mass is 480 g/mol. The van der Waals surface area contributed by atoms with Crippen LogP contribution in [0, 0.1) is 6.92 Å². The summed E-state index contributed by atoms with van der Waals surface area (Å²) in [6.45, 7) is 3.77. The molecule has 1 aliphatic heterocycles. The number of para-hydroxylation sites is 1. The SMILES string of the molecule is Cc1c(CN2CC[C@@H](NS(=O)(=O)c3cccc(OC(F)(F)F)c3)C2)cnn1-c1ccccc1. The van der Waals surface area contributed by atoms with Crippen LogP contribution in [0.1, 0.15) is 17.7 Å². The molecule has 3 aromatic rings. The molecule has 0 amide bonds. The number of ether oxygens (including phenoxy) is 1. The molecule has 4 rings (SSSR count). The van der Waals surface area contributed by atoms with Crippen LogP contribution in [-0.2, 0) is 16.6 Å². The molecule has 176 valence electrons. The Labute approximate surface area is 189 Å². The van der Waals surface area contributed by atoms with E-state index < -0.39 is 22.1 Å². The Balaban J connectivity index is 1.39. The van der Waals surface area contributed by atoms with Gasteiger partial charge in [0, 0.05) is 43.0 Å². The molecule has 7 nitrogen and oxygen atoms in total. The molecule has 0 aliphatic carbocycles. The first-order chi connectivity index (χ1) is 15.6. The zero-order chi connectivity index (χ0) is 23.6. The van der Waals surface area contributed by atoms with E-state index in [2.05, 4.69) is 19.5 Å². The van der Waals surface area contributed by atoms with E-state index in [4.69, 9.17) is 0 Å².